The van der Waals surface area contributed by atoms with E-state index in [1.165, 1.54) is 0 Å². The molecule has 0 aromatic rings. The van der Waals surface area contributed by atoms with Crippen molar-refractivity contribution in [1.82, 2.24) is 0 Å². The largest absolute Gasteiger partial charge is 0.466 e. The molecule has 0 saturated carbocycles. The maximum atomic E-state index is 11.4. The van der Waals surface area contributed by atoms with Gasteiger partial charge in [0.05, 0.1) is 12.5 Å². The number of rotatable bonds is 8. The van der Waals surface area contributed by atoms with Gasteiger partial charge in [-0.2, -0.15) is 0 Å². The van der Waals surface area contributed by atoms with Gasteiger partial charge in [-0.15, -0.1) is 0 Å². The molecule has 0 spiro atoms. The highest BCUT2D eigenvalue weighted by Gasteiger charge is 2.17. The van der Waals surface area contributed by atoms with E-state index < -0.39 is 17.9 Å². The van der Waals surface area contributed by atoms with Crippen molar-refractivity contribution in [1.29, 1.82) is 0 Å². The zero-order valence-corrected chi connectivity index (χ0v) is 10.9. The van der Waals surface area contributed by atoms with E-state index in [0.717, 1.165) is 12.5 Å². The van der Waals surface area contributed by atoms with Crippen LogP contribution < -0.4 is 0 Å². The van der Waals surface area contributed by atoms with Crippen LogP contribution in [0.25, 0.3) is 0 Å². The van der Waals surface area contributed by atoms with Crippen LogP contribution in [0.3, 0.4) is 0 Å². The van der Waals surface area contributed by atoms with Crippen LogP contribution in [-0.2, 0) is 23.9 Å². The zero-order chi connectivity index (χ0) is 14.0. The summed E-state index contributed by atoms with van der Waals surface area (Å²) in [6.45, 7) is 7.19. The predicted molar refractivity (Wildman–Crippen MR) is 65.6 cm³/mol. The second-order valence-corrected chi connectivity index (χ2v) is 3.96. The van der Waals surface area contributed by atoms with Gasteiger partial charge in [-0.05, 0) is 19.3 Å². The van der Waals surface area contributed by atoms with Crippen LogP contribution >= 0.6 is 0 Å². The minimum absolute atomic E-state index is 0.264. The molecule has 5 heteroatoms. The normalized spacial score (nSPS) is 11.4. The summed E-state index contributed by atoms with van der Waals surface area (Å²) >= 11 is 0. The Labute approximate surface area is 107 Å². The summed E-state index contributed by atoms with van der Waals surface area (Å²) in [5.41, 5.74) is 0. The van der Waals surface area contributed by atoms with Gasteiger partial charge in [-0.3, -0.25) is 9.59 Å². The summed E-state index contributed by atoms with van der Waals surface area (Å²) in [7, 11) is 0. The van der Waals surface area contributed by atoms with Crippen LogP contribution in [0.5, 0.6) is 0 Å². The molecule has 0 aromatic heterocycles. The van der Waals surface area contributed by atoms with Crippen LogP contribution in [0.1, 0.15) is 39.5 Å². The monoisotopic (exact) mass is 256 g/mol. The highest BCUT2D eigenvalue weighted by molar-refractivity contribution is 5.92. The SMILES string of the molecule is C=CC(=O)OC(=O)C(C)CCCC(=O)OCCC. The number of ether oxygens (including phenoxy) is 2. The third-order valence-corrected chi connectivity index (χ3v) is 2.26. The Morgan fingerprint density at radius 3 is 2.56 bits per heavy atom. The molecule has 0 heterocycles. The van der Waals surface area contributed by atoms with E-state index in [1.54, 1.807) is 6.92 Å². The summed E-state index contributed by atoms with van der Waals surface area (Å²) in [5.74, 6) is -2.04. The van der Waals surface area contributed by atoms with Crippen LogP contribution in [0, 0.1) is 5.92 Å². The molecule has 0 aromatic carbocycles. The molecule has 0 bridgehead atoms. The molecule has 0 aliphatic rings. The van der Waals surface area contributed by atoms with Gasteiger partial charge in [0.15, 0.2) is 0 Å². The number of esters is 3. The van der Waals surface area contributed by atoms with Crippen molar-refractivity contribution in [2.24, 2.45) is 5.92 Å². The lowest BCUT2D eigenvalue weighted by molar-refractivity contribution is -0.159. The third kappa shape index (κ3) is 7.60. The van der Waals surface area contributed by atoms with E-state index in [9.17, 15) is 14.4 Å². The molecule has 1 unspecified atom stereocenters. The van der Waals surface area contributed by atoms with Crippen LogP contribution in [0.15, 0.2) is 12.7 Å². The van der Waals surface area contributed by atoms with Gasteiger partial charge in [0.2, 0.25) is 0 Å². The van der Waals surface area contributed by atoms with E-state index in [1.807, 2.05) is 6.92 Å². The van der Waals surface area contributed by atoms with Crippen LogP contribution in [0.2, 0.25) is 0 Å². The van der Waals surface area contributed by atoms with Crippen molar-refractivity contribution in [3.05, 3.63) is 12.7 Å². The third-order valence-electron chi connectivity index (χ3n) is 2.26. The van der Waals surface area contributed by atoms with Crippen molar-refractivity contribution in [3.63, 3.8) is 0 Å². The molecule has 0 aliphatic heterocycles. The maximum absolute atomic E-state index is 11.4. The average molecular weight is 256 g/mol. The Bertz CT molecular complexity index is 309. The van der Waals surface area contributed by atoms with Gasteiger partial charge in [0.25, 0.3) is 0 Å². The Balaban J connectivity index is 3.78. The molecule has 102 valence electrons. The van der Waals surface area contributed by atoms with Crippen molar-refractivity contribution in [2.45, 2.75) is 39.5 Å². The number of carbonyl (C=O) groups excluding carboxylic acids is 3. The fourth-order valence-electron chi connectivity index (χ4n) is 1.20. The number of hydrogen-bond donors (Lipinski definition) is 0. The second-order valence-electron chi connectivity index (χ2n) is 3.96. The minimum Gasteiger partial charge on any atom is -0.466 e. The molecule has 0 radical (unpaired) electrons. The summed E-state index contributed by atoms with van der Waals surface area (Å²) in [6, 6.07) is 0. The van der Waals surface area contributed by atoms with E-state index in [-0.39, 0.29) is 12.4 Å². The molecule has 0 rings (SSSR count). The standard InChI is InChI=1S/C13H20O5/c1-4-9-17-12(15)8-6-7-10(3)13(16)18-11(14)5-2/h5,10H,2,4,6-9H2,1,3H3. The van der Waals surface area contributed by atoms with Crippen LogP contribution in [-0.4, -0.2) is 24.5 Å². The summed E-state index contributed by atoms with van der Waals surface area (Å²) < 4.78 is 9.36. The van der Waals surface area contributed by atoms with Crippen LogP contribution in [0.4, 0.5) is 0 Å². The molecule has 18 heavy (non-hydrogen) atoms. The topological polar surface area (TPSA) is 69.7 Å². The lowest BCUT2D eigenvalue weighted by Gasteiger charge is -2.08. The molecular formula is C13H20O5. The van der Waals surface area contributed by atoms with Crippen molar-refractivity contribution in [3.8, 4) is 0 Å². The molecular weight excluding hydrogens is 236 g/mol. The molecule has 0 saturated heterocycles. The number of carbonyl (C=O) groups is 3. The Morgan fingerprint density at radius 1 is 1.33 bits per heavy atom. The van der Waals surface area contributed by atoms with Crippen molar-refractivity contribution >= 4 is 17.9 Å². The lowest BCUT2D eigenvalue weighted by atomic mass is 10.0. The van der Waals surface area contributed by atoms with Gasteiger partial charge < -0.3 is 9.47 Å². The maximum Gasteiger partial charge on any atom is 0.337 e. The fourth-order valence-corrected chi connectivity index (χ4v) is 1.20. The highest BCUT2D eigenvalue weighted by Crippen LogP contribution is 2.10. The first kappa shape index (κ1) is 16.4. The smallest absolute Gasteiger partial charge is 0.337 e. The van der Waals surface area contributed by atoms with Gasteiger partial charge >= 0.3 is 17.9 Å². The minimum atomic E-state index is -0.755. The molecule has 5 nitrogen and oxygen atoms in total. The van der Waals surface area contributed by atoms with Gasteiger partial charge in [0, 0.05) is 12.5 Å². The predicted octanol–water partition coefficient (Wildman–Crippen LogP) is 2.00. The Hall–Kier alpha value is -1.65. The first-order chi connectivity index (χ1) is 8.51. The summed E-state index contributed by atoms with van der Waals surface area (Å²) in [4.78, 5) is 33.3. The Kier molecular flexibility index (Phi) is 8.53. The highest BCUT2D eigenvalue weighted by atomic mass is 16.6. The first-order valence-electron chi connectivity index (χ1n) is 6.05. The molecule has 1 atom stereocenters. The van der Waals surface area contributed by atoms with E-state index in [2.05, 4.69) is 11.3 Å². The van der Waals surface area contributed by atoms with Gasteiger partial charge in [-0.25, -0.2) is 4.79 Å². The second kappa shape index (κ2) is 9.39. The Morgan fingerprint density at radius 2 is 2.00 bits per heavy atom. The van der Waals surface area contributed by atoms with Crippen molar-refractivity contribution < 1.29 is 23.9 Å². The molecule has 0 amide bonds. The lowest BCUT2D eigenvalue weighted by Crippen LogP contribution is -2.18. The average Bonchev–Trinajstić information content (AvgIpc) is 2.35. The zero-order valence-electron chi connectivity index (χ0n) is 10.9. The van der Waals surface area contributed by atoms with E-state index >= 15 is 0 Å². The quantitative estimate of drug-likeness (QED) is 0.377. The molecule has 0 aliphatic carbocycles. The van der Waals surface area contributed by atoms with Gasteiger partial charge in [-0.1, -0.05) is 20.4 Å². The molecule has 0 fully saturated rings. The summed E-state index contributed by atoms with van der Waals surface area (Å²) in [5, 5.41) is 0. The van der Waals surface area contributed by atoms with Gasteiger partial charge in [0.1, 0.15) is 0 Å². The van der Waals surface area contributed by atoms with Crippen molar-refractivity contribution in [2.75, 3.05) is 6.61 Å². The summed E-state index contributed by atoms with van der Waals surface area (Å²) in [6.07, 6.45) is 3.00. The fraction of sp³-hybridized carbons (Fsp3) is 0.615. The first-order valence-corrected chi connectivity index (χ1v) is 6.05. The molecule has 0 N–H and O–H groups in total. The number of hydrogen-bond acceptors (Lipinski definition) is 5. The van der Waals surface area contributed by atoms with E-state index in [0.29, 0.717) is 19.4 Å². The van der Waals surface area contributed by atoms with E-state index in [4.69, 9.17) is 4.74 Å².